The van der Waals surface area contributed by atoms with Gasteiger partial charge in [0.15, 0.2) is 9.84 Å². The standard InChI is InChI=1S/C15H18N2O3S3/c1-10-7-22-15(16-10)13(6-11-2-4-21-8-11)17-14(18)12-3-5-23(19,20)9-12/h2,4,7-8,12-13H,3,5-6,9H2,1H3,(H,17,18)/t12-,13-/m0/s1. The monoisotopic (exact) mass is 370 g/mol. The van der Waals surface area contributed by atoms with Crippen LogP contribution >= 0.6 is 22.7 Å². The Labute approximate surface area is 143 Å². The van der Waals surface area contributed by atoms with Crippen molar-refractivity contribution in [3.05, 3.63) is 38.5 Å². The van der Waals surface area contributed by atoms with Gasteiger partial charge >= 0.3 is 0 Å². The van der Waals surface area contributed by atoms with Crippen LogP contribution in [0.1, 0.15) is 28.7 Å². The summed E-state index contributed by atoms with van der Waals surface area (Å²) in [5, 5.41) is 9.90. The summed E-state index contributed by atoms with van der Waals surface area (Å²) in [5.41, 5.74) is 2.07. The summed E-state index contributed by atoms with van der Waals surface area (Å²) in [4.78, 5) is 16.9. The molecule has 1 amide bonds. The molecule has 1 aliphatic heterocycles. The largest absolute Gasteiger partial charge is 0.346 e. The first kappa shape index (κ1) is 16.6. The summed E-state index contributed by atoms with van der Waals surface area (Å²) in [6.07, 6.45) is 1.08. The molecule has 0 saturated carbocycles. The van der Waals surface area contributed by atoms with Crippen LogP contribution in [0.3, 0.4) is 0 Å². The number of amides is 1. The third kappa shape index (κ3) is 4.19. The van der Waals surface area contributed by atoms with Crippen molar-refractivity contribution >= 4 is 38.4 Å². The van der Waals surface area contributed by atoms with Crippen LogP contribution in [0.15, 0.2) is 22.2 Å². The van der Waals surface area contributed by atoms with Gasteiger partial charge in [0.25, 0.3) is 0 Å². The number of rotatable bonds is 5. The molecule has 1 aliphatic rings. The average molecular weight is 371 g/mol. The predicted molar refractivity (Wildman–Crippen MR) is 92.5 cm³/mol. The molecule has 23 heavy (non-hydrogen) atoms. The van der Waals surface area contributed by atoms with E-state index in [2.05, 4.69) is 15.7 Å². The van der Waals surface area contributed by atoms with Crippen LogP contribution in [0.2, 0.25) is 0 Å². The Morgan fingerprint density at radius 1 is 1.48 bits per heavy atom. The quantitative estimate of drug-likeness (QED) is 0.876. The van der Waals surface area contributed by atoms with Gasteiger partial charge in [0, 0.05) is 17.5 Å². The molecule has 0 bridgehead atoms. The lowest BCUT2D eigenvalue weighted by Crippen LogP contribution is -2.35. The van der Waals surface area contributed by atoms with Crippen molar-refractivity contribution in [3.63, 3.8) is 0 Å². The number of thiophene rings is 1. The molecule has 3 rings (SSSR count). The summed E-state index contributed by atoms with van der Waals surface area (Å²) in [6.45, 7) is 1.92. The second kappa shape index (κ2) is 6.70. The van der Waals surface area contributed by atoms with E-state index in [4.69, 9.17) is 0 Å². The zero-order chi connectivity index (χ0) is 16.4. The molecule has 124 valence electrons. The van der Waals surface area contributed by atoms with Crippen LogP contribution in [-0.2, 0) is 21.1 Å². The van der Waals surface area contributed by atoms with Gasteiger partial charge < -0.3 is 5.32 Å². The topological polar surface area (TPSA) is 76.1 Å². The van der Waals surface area contributed by atoms with Gasteiger partial charge in [0.1, 0.15) is 5.01 Å². The summed E-state index contributed by atoms with van der Waals surface area (Å²) < 4.78 is 23.1. The lowest BCUT2D eigenvalue weighted by molar-refractivity contribution is -0.125. The van der Waals surface area contributed by atoms with Crippen LogP contribution in [0.5, 0.6) is 0 Å². The third-order valence-electron chi connectivity index (χ3n) is 3.87. The lowest BCUT2D eigenvalue weighted by Gasteiger charge is -2.18. The number of aryl methyl sites for hydroxylation is 1. The van der Waals surface area contributed by atoms with Crippen molar-refractivity contribution < 1.29 is 13.2 Å². The van der Waals surface area contributed by atoms with Gasteiger partial charge in [-0.3, -0.25) is 4.79 Å². The van der Waals surface area contributed by atoms with Gasteiger partial charge in [0.05, 0.1) is 23.5 Å². The minimum atomic E-state index is -3.06. The van der Waals surface area contributed by atoms with Crippen molar-refractivity contribution in [3.8, 4) is 0 Å². The SMILES string of the molecule is Cc1csc([C@H](Cc2ccsc2)NC(=O)[C@H]2CCS(=O)(=O)C2)n1. The number of carbonyl (C=O) groups is 1. The van der Waals surface area contributed by atoms with Crippen LogP contribution in [0, 0.1) is 12.8 Å². The minimum absolute atomic E-state index is 0.0408. The number of sulfone groups is 1. The molecule has 0 radical (unpaired) electrons. The number of thiazole rings is 1. The first-order valence-corrected chi connectivity index (χ1v) is 11.0. The van der Waals surface area contributed by atoms with Crippen molar-refractivity contribution in [2.45, 2.75) is 25.8 Å². The van der Waals surface area contributed by atoms with Crippen LogP contribution < -0.4 is 5.32 Å². The Balaban J connectivity index is 1.74. The maximum absolute atomic E-state index is 12.5. The number of nitrogens with one attached hydrogen (secondary N) is 1. The number of aromatic nitrogens is 1. The molecule has 1 saturated heterocycles. The molecule has 2 atom stereocenters. The lowest BCUT2D eigenvalue weighted by atomic mass is 10.1. The Bertz CT molecular complexity index is 781. The highest BCUT2D eigenvalue weighted by Gasteiger charge is 2.34. The highest BCUT2D eigenvalue weighted by Crippen LogP contribution is 2.25. The number of nitrogens with zero attached hydrogens (tertiary/aromatic N) is 1. The van der Waals surface area contributed by atoms with E-state index >= 15 is 0 Å². The molecule has 0 unspecified atom stereocenters. The van der Waals surface area contributed by atoms with Gasteiger partial charge in [-0.25, -0.2) is 13.4 Å². The van der Waals surface area contributed by atoms with Crippen molar-refractivity contribution in [2.24, 2.45) is 5.92 Å². The smallest absolute Gasteiger partial charge is 0.224 e. The van der Waals surface area contributed by atoms with Gasteiger partial charge in [-0.15, -0.1) is 11.3 Å². The molecule has 1 fully saturated rings. The highest BCUT2D eigenvalue weighted by molar-refractivity contribution is 7.91. The first-order chi connectivity index (χ1) is 10.9. The summed E-state index contributed by atoms with van der Waals surface area (Å²) in [6, 6.07) is 1.82. The molecule has 1 N–H and O–H groups in total. The molecular weight excluding hydrogens is 352 g/mol. The minimum Gasteiger partial charge on any atom is -0.346 e. The van der Waals surface area contributed by atoms with Crippen LogP contribution in [0.4, 0.5) is 0 Å². The molecule has 5 nitrogen and oxygen atoms in total. The highest BCUT2D eigenvalue weighted by atomic mass is 32.2. The second-order valence-corrected chi connectivity index (χ2v) is 9.72. The average Bonchev–Trinajstić information content (AvgIpc) is 3.19. The summed E-state index contributed by atoms with van der Waals surface area (Å²) >= 11 is 3.14. The molecule has 0 spiro atoms. The Hall–Kier alpha value is -1.25. The third-order valence-corrected chi connectivity index (χ3v) is 7.45. The van der Waals surface area contributed by atoms with E-state index in [0.29, 0.717) is 12.8 Å². The van der Waals surface area contributed by atoms with Gasteiger partial charge in [0.2, 0.25) is 5.91 Å². The molecule has 8 heteroatoms. The fourth-order valence-electron chi connectivity index (χ4n) is 2.67. The van der Waals surface area contributed by atoms with E-state index in [1.165, 1.54) is 11.3 Å². The molecule has 3 heterocycles. The van der Waals surface area contributed by atoms with E-state index in [0.717, 1.165) is 16.3 Å². The van der Waals surface area contributed by atoms with Crippen molar-refractivity contribution in [2.75, 3.05) is 11.5 Å². The van der Waals surface area contributed by atoms with E-state index < -0.39 is 15.8 Å². The van der Waals surface area contributed by atoms with E-state index in [9.17, 15) is 13.2 Å². The molecule has 2 aromatic heterocycles. The number of carbonyl (C=O) groups excluding carboxylic acids is 1. The van der Waals surface area contributed by atoms with Gasteiger partial charge in [-0.1, -0.05) is 0 Å². The zero-order valence-electron chi connectivity index (χ0n) is 12.7. The maximum Gasteiger partial charge on any atom is 0.224 e. The van der Waals surface area contributed by atoms with Crippen molar-refractivity contribution in [1.29, 1.82) is 0 Å². The summed E-state index contributed by atoms with van der Waals surface area (Å²) in [7, 11) is -3.06. The fraction of sp³-hybridized carbons (Fsp3) is 0.467. The van der Waals surface area contributed by atoms with Crippen LogP contribution in [-0.4, -0.2) is 30.8 Å². The van der Waals surface area contributed by atoms with E-state index in [1.807, 2.05) is 23.8 Å². The fourth-order valence-corrected chi connectivity index (χ4v) is 5.94. The molecule has 0 aliphatic carbocycles. The predicted octanol–water partition coefficient (Wildman–Crippen LogP) is 2.35. The number of hydrogen-bond acceptors (Lipinski definition) is 6. The van der Waals surface area contributed by atoms with E-state index in [-0.39, 0.29) is 23.5 Å². The zero-order valence-corrected chi connectivity index (χ0v) is 15.1. The Morgan fingerprint density at radius 2 is 2.30 bits per heavy atom. The molecule has 0 aromatic carbocycles. The first-order valence-electron chi connectivity index (χ1n) is 7.37. The van der Waals surface area contributed by atoms with E-state index in [1.54, 1.807) is 11.3 Å². The summed E-state index contributed by atoms with van der Waals surface area (Å²) in [5.74, 6) is -0.553. The normalized spacial score (nSPS) is 21.2. The molecule has 2 aromatic rings. The van der Waals surface area contributed by atoms with Gasteiger partial charge in [-0.2, -0.15) is 11.3 Å². The second-order valence-electron chi connectivity index (χ2n) is 5.82. The Morgan fingerprint density at radius 3 is 2.87 bits per heavy atom. The van der Waals surface area contributed by atoms with Gasteiger partial charge in [-0.05, 0) is 35.7 Å². The number of hydrogen-bond donors (Lipinski definition) is 1. The maximum atomic E-state index is 12.5. The van der Waals surface area contributed by atoms with Crippen molar-refractivity contribution in [1.82, 2.24) is 10.3 Å². The molecular formula is C15H18N2O3S3. The van der Waals surface area contributed by atoms with Crippen LogP contribution in [0.25, 0.3) is 0 Å². The Kier molecular flexibility index (Phi) is 4.84.